The Morgan fingerprint density at radius 2 is 1.80 bits per heavy atom. The number of carbonyl (C=O) groups is 2. The van der Waals surface area contributed by atoms with Crippen LogP contribution in [0.2, 0.25) is 5.02 Å². The second kappa shape index (κ2) is 5.34. The number of hydrogen-bond donors (Lipinski definition) is 0. The van der Waals surface area contributed by atoms with Gasteiger partial charge in [-0.3, -0.25) is 14.5 Å². The zero-order chi connectivity index (χ0) is 14.1. The van der Waals surface area contributed by atoms with Crippen LogP contribution < -0.4 is 0 Å². The second-order valence-corrected chi connectivity index (χ2v) is 5.89. The number of nitrogens with zero attached hydrogens (tertiary/aromatic N) is 2. The molecule has 0 radical (unpaired) electrons. The molecule has 0 spiro atoms. The van der Waals surface area contributed by atoms with E-state index in [1.807, 2.05) is 29.6 Å². The van der Waals surface area contributed by atoms with E-state index in [1.54, 1.807) is 0 Å². The lowest BCUT2D eigenvalue weighted by Gasteiger charge is -2.10. The van der Waals surface area contributed by atoms with Gasteiger partial charge in [0.05, 0.1) is 12.2 Å². The van der Waals surface area contributed by atoms with Crippen LogP contribution in [0.15, 0.2) is 29.6 Å². The number of halogens is 1. The predicted molar refractivity (Wildman–Crippen MR) is 77.4 cm³/mol. The third-order valence-corrected chi connectivity index (χ3v) is 4.23. The first-order valence-electron chi connectivity index (χ1n) is 6.17. The summed E-state index contributed by atoms with van der Waals surface area (Å²) in [6.07, 6.45) is 0.627. The highest BCUT2D eigenvalue weighted by atomic mass is 35.5. The first-order valence-corrected chi connectivity index (χ1v) is 7.43. The monoisotopic (exact) mass is 306 g/mol. The van der Waals surface area contributed by atoms with Crippen LogP contribution in [0.5, 0.6) is 0 Å². The summed E-state index contributed by atoms with van der Waals surface area (Å²) in [6.45, 7) is 0.274. The van der Waals surface area contributed by atoms with Crippen molar-refractivity contribution in [3.05, 3.63) is 39.7 Å². The number of amides is 2. The highest BCUT2D eigenvalue weighted by molar-refractivity contribution is 7.09. The van der Waals surface area contributed by atoms with Gasteiger partial charge in [0, 0.05) is 28.8 Å². The minimum Gasteiger partial charge on any atom is -0.276 e. The van der Waals surface area contributed by atoms with E-state index in [0.717, 1.165) is 16.3 Å². The van der Waals surface area contributed by atoms with E-state index in [2.05, 4.69) is 4.98 Å². The molecule has 20 heavy (non-hydrogen) atoms. The Balaban J connectivity index is 1.78. The maximum Gasteiger partial charge on any atom is 0.230 e. The van der Waals surface area contributed by atoms with Gasteiger partial charge in [-0.1, -0.05) is 23.7 Å². The van der Waals surface area contributed by atoms with Gasteiger partial charge in [0.15, 0.2) is 0 Å². The Kier molecular flexibility index (Phi) is 3.54. The Morgan fingerprint density at radius 1 is 1.15 bits per heavy atom. The van der Waals surface area contributed by atoms with Gasteiger partial charge in [-0.15, -0.1) is 11.3 Å². The molecule has 4 nitrogen and oxygen atoms in total. The molecule has 1 aliphatic rings. The second-order valence-electron chi connectivity index (χ2n) is 4.51. The molecule has 1 aromatic carbocycles. The average molecular weight is 307 g/mol. The van der Waals surface area contributed by atoms with Crippen molar-refractivity contribution >= 4 is 34.8 Å². The van der Waals surface area contributed by atoms with Crippen molar-refractivity contribution in [1.29, 1.82) is 0 Å². The standard InChI is InChI=1S/C14H11ClN2O2S/c15-10-3-1-9(2-4-10)11-8-20-12(16-11)7-17-13(18)5-6-14(17)19/h1-4,8H,5-7H2. The van der Waals surface area contributed by atoms with Gasteiger partial charge in [-0.2, -0.15) is 0 Å². The topological polar surface area (TPSA) is 50.3 Å². The number of imide groups is 1. The van der Waals surface area contributed by atoms with E-state index < -0.39 is 0 Å². The predicted octanol–water partition coefficient (Wildman–Crippen LogP) is 3.11. The van der Waals surface area contributed by atoms with E-state index in [9.17, 15) is 9.59 Å². The largest absolute Gasteiger partial charge is 0.276 e. The summed E-state index contributed by atoms with van der Waals surface area (Å²) in [5.74, 6) is -0.225. The Morgan fingerprint density at radius 3 is 2.45 bits per heavy atom. The van der Waals surface area contributed by atoms with Crippen LogP contribution in [-0.4, -0.2) is 21.7 Å². The van der Waals surface area contributed by atoms with Crippen LogP contribution in [0.3, 0.4) is 0 Å². The van der Waals surface area contributed by atoms with Gasteiger partial charge >= 0.3 is 0 Å². The molecular weight excluding hydrogens is 296 g/mol. The molecule has 2 amide bonds. The molecule has 0 N–H and O–H groups in total. The van der Waals surface area contributed by atoms with Crippen LogP contribution in [-0.2, 0) is 16.1 Å². The van der Waals surface area contributed by atoms with Crippen molar-refractivity contribution in [3.63, 3.8) is 0 Å². The van der Waals surface area contributed by atoms with Gasteiger partial charge in [-0.05, 0) is 12.1 Å². The van der Waals surface area contributed by atoms with Gasteiger partial charge in [0.1, 0.15) is 5.01 Å². The van der Waals surface area contributed by atoms with E-state index in [4.69, 9.17) is 11.6 Å². The molecule has 6 heteroatoms. The molecule has 1 aliphatic heterocycles. The summed E-state index contributed by atoms with van der Waals surface area (Å²) in [7, 11) is 0. The third-order valence-electron chi connectivity index (χ3n) is 3.14. The van der Waals surface area contributed by atoms with Crippen molar-refractivity contribution in [1.82, 2.24) is 9.88 Å². The summed E-state index contributed by atoms with van der Waals surface area (Å²) in [4.78, 5) is 28.9. The maximum absolute atomic E-state index is 11.6. The number of carbonyl (C=O) groups excluding carboxylic acids is 2. The molecule has 0 saturated carbocycles. The lowest BCUT2D eigenvalue weighted by molar-refractivity contribution is -0.139. The van der Waals surface area contributed by atoms with Crippen LogP contribution in [0.1, 0.15) is 17.8 Å². The Bertz CT molecular complexity index is 650. The van der Waals surface area contributed by atoms with Gasteiger partial charge < -0.3 is 0 Å². The molecule has 0 atom stereocenters. The SMILES string of the molecule is O=C1CCC(=O)N1Cc1nc(-c2ccc(Cl)cc2)cs1. The lowest BCUT2D eigenvalue weighted by Crippen LogP contribution is -2.28. The molecule has 1 fully saturated rings. The van der Waals surface area contributed by atoms with E-state index in [0.29, 0.717) is 17.9 Å². The number of aromatic nitrogens is 1. The Labute approximate surface area is 125 Å². The van der Waals surface area contributed by atoms with Crippen molar-refractivity contribution < 1.29 is 9.59 Å². The minimum absolute atomic E-state index is 0.113. The quantitative estimate of drug-likeness (QED) is 0.819. The fourth-order valence-electron chi connectivity index (χ4n) is 2.07. The van der Waals surface area contributed by atoms with Gasteiger partial charge in [-0.25, -0.2) is 4.98 Å². The zero-order valence-electron chi connectivity index (χ0n) is 10.5. The van der Waals surface area contributed by atoms with E-state index >= 15 is 0 Å². The fraction of sp³-hybridized carbons (Fsp3) is 0.214. The summed E-state index contributed by atoms with van der Waals surface area (Å²) in [5.41, 5.74) is 1.80. The molecule has 1 saturated heterocycles. The summed E-state index contributed by atoms with van der Waals surface area (Å²) in [5, 5.41) is 3.36. The van der Waals surface area contributed by atoms with Crippen molar-refractivity contribution in [2.45, 2.75) is 19.4 Å². The van der Waals surface area contributed by atoms with Crippen LogP contribution in [0.25, 0.3) is 11.3 Å². The smallest absolute Gasteiger partial charge is 0.230 e. The highest BCUT2D eigenvalue weighted by Gasteiger charge is 2.29. The molecule has 0 aliphatic carbocycles. The van der Waals surface area contributed by atoms with E-state index in [-0.39, 0.29) is 18.4 Å². The maximum atomic E-state index is 11.6. The number of hydrogen-bond acceptors (Lipinski definition) is 4. The van der Waals surface area contributed by atoms with E-state index in [1.165, 1.54) is 16.2 Å². The zero-order valence-corrected chi connectivity index (χ0v) is 12.1. The fourth-order valence-corrected chi connectivity index (χ4v) is 2.99. The summed E-state index contributed by atoms with van der Waals surface area (Å²) >= 11 is 7.30. The van der Waals surface area contributed by atoms with Gasteiger partial charge in [0.25, 0.3) is 0 Å². The first kappa shape index (κ1) is 13.3. The van der Waals surface area contributed by atoms with Crippen molar-refractivity contribution in [2.24, 2.45) is 0 Å². The first-order chi connectivity index (χ1) is 9.63. The molecule has 2 heterocycles. The normalized spacial score (nSPS) is 15.2. The number of rotatable bonds is 3. The Hall–Kier alpha value is -1.72. The molecule has 3 rings (SSSR count). The highest BCUT2D eigenvalue weighted by Crippen LogP contribution is 2.25. The molecule has 0 bridgehead atoms. The molecule has 102 valence electrons. The molecule has 2 aromatic rings. The van der Waals surface area contributed by atoms with Crippen molar-refractivity contribution in [3.8, 4) is 11.3 Å². The summed E-state index contributed by atoms with van der Waals surface area (Å²) in [6, 6.07) is 7.41. The van der Waals surface area contributed by atoms with Gasteiger partial charge in [0.2, 0.25) is 11.8 Å². The molecular formula is C14H11ClN2O2S. The molecule has 0 unspecified atom stereocenters. The van der Waals surface area contributed by atoms with Crippen LogP contribution >= 0.6 is 22.9 Å². The number of likely N-dealkylation sites (tertiary alicyclic amines) is 1. The van der Waals surface area contributed by atoms with Crippen LogP contribution in [0, 0.1) is 0 Å². The minimum atomic E-state index is -0.113. The number of benzene rings is 1. The number of thiazole rings is 1. The average Bonchev–Trinajstić information content (AvgIpc) is 3.02. The van der Waals surface area contributed by atoms with Crippen molar-refractivity contribution in [2.75, 3.05) is 0 Å². The molecule has 1 aromatic heterocycles. The van der Waals surface area contributed by atoms with Crippen LogP contribution in [0.4, 0.5) is 0 Å². The third kappa shape index (κ3) is 2.59. The lowest BCUT2D eigenvalue weighted by atomic mass is 10.2. The summed E-state index contributed by atoms with van der Waals surface area (Å²) < 4.78 is 0.